The number of carbonyl (C=O) groups is 1. The Morgan fingerprint density at radius 2 is 2.14 bits per heavy atom. The monoisotopic (exact) mass is 421 g/mol. The van der Waals surface area contributed by atoms with Crippen LogP contribution in [-0.2, 0) is 17.6 Å². The predicted octanol–water partition coefficient (Wildman–Crippen LogP) is 4.66. The highest BCUT2D eigenvalue weighted by atomic mass is 32.1. The van der Waals surface area contributed by atoms with Gasteiger partial charge in [-0.15, -0.1) is 11.3 Å². The first kappa shape index (κ1) is 10.4. The van der Waals surface area contributed by atoms with Crippen LogP contribution in [0.2, 0.25) is 0 Å². The van der Waals surface area contributed by atoms with Crippen LogP contribution < -0.4 is 11.1 Å². The van der Waals surface area contributed by atoms with Crippen LogP contribution in [-0.4, -0.2) is 16.0 Å². The van der Waals surface area contributed by atoms with Crippen LogP contribution in [0.3, 0.4) is 0 Å². The van der Waals surface area contributed by atoms with Crippen LogP contribution >= 0.6 is 11.3 Å². The van der Waals surface area contributed by atoms with Gasteiger partial charge in [0.25, 0.3) is 0 Å². The number of nitrogens with two attached hydrogens (primary N) is 1. The first-order chi connectivity index (χ1) is 18.8. The number of aliphatic hydroxyl groups is 1. The number of rotatable bonds is 9. The molecule has 6 heteroatoms. The third-order valence-electron chi connectivity index (χ3n) is 3.68. The summed E-state index contributed by atoms with van der Waals surface area (Å²) in [6.45, 7) is 1.41. The highest BCUT2D eigenvalue weighted by Crippen LogP contribution is 2.21. The highest BCUT2D eigenvalue weighted by molar-refractivity contribution is 7.13. The predicted molar refractivity (Wildman–Crippen MR) is 119 cm³/mol. The number of carbonyl (C=O) groups excluding carboxylic acids is 1. The molecule has 0 aliphatic rings. The molecule has 0 radical (unpaired) electrons. The molecular weight excluding hydrogens is 382 g/mol. The number of anilines is 2. The van der Waals surface area contributed by atoms with Gasteiger partial charge in [-0.25, -0.2) is 4.98 Å². The maximum atomic E-state index is 12.7. The van der Waals surface area contributed by atoms with E-state index in [1.165, 1.54) is 12.3 Å². The van der Waals surface area contributed by atoms with Gasteiger partial charge < -0.3 is 16.2 Å². The maximum Gasteiger partial charge on any atom is 0.230 e. The van der Waals surface area contributed by atoms with Crippen LogP contribution in [0.15, 0.2) is 53.7 Å². The Hall–Kier alpha value is -2.70. The van der Waals surface area contributed by atoms with Gasteiger partial charge in [0.2, 0.25) is 5.91 Å². The summed E-state index contributed by atoms with van der Waals surface area (Å²) in [4.78, 5) is 16.4. The van der Waals surface area contributed by atoms with Crippen molar-refractivity contribution in [3.8, 4) is 0 Å². The van der Waals surface area contributed by atoms with E-state index >= 15 is 0 Å². The lowest BCUT2D eigenvalue weighted by molar-refractivity contribution is -0.115. The first-order valence-electron chi connectivity index (χ1n) is 14.7. The minimum Gasteiger partial charge on any atom is -0.388 e. The molecule has 0 aliphatic carbocycles. The number of aliphatic hydroxyl groups excluding tert-OH is 1. The Kier molecular flexibility index (Phi) is 3.64. The molecule has 0 fully saturated rings. The third kappa shape index (κ3) is 6.69. The highest BCUT2D eigenvalue weighted by Gasteiger charge is 2.08. The SMILES string of the molecule is [2H]c1c([2H])c(C)c([2H])c([C@@H](O)CCC([2H])([2H])Cc2c([2H])c([2H])c(NC(=O)C([2H])([2H])c3csc(N)n3)c([2H])c2[2H])c1[2H]. The number of thiazole rings is 1. The van der Waals surface area contributed by atoms with Gasteiger partial charge in [0.15, 0.2) is 5.13 Å². The lowest BCUT2D eigenvalue weighted by Gasteiger charge is -2.11. The van der Waals surface area contributed by atoms with Crippen molar-refractivity contribution in [1.82, 2.24) is 4.98 Å². The van der Waals surface area contributed by atoms with E-state index in [9.17, 15) is 9.90 Å². The molecule has 3 rings (SSSR count). The van der Waals surface area contributed by atoms with Gasteiger partial charge in [-0.1, -0.05) is 48.2 Å². The van der Waals surface area contributed by atoms with Crippen molar-refractivity contribution in [1.29, 1.82) is 0 Å². The average Bonchev–Trinajstić information content (AvgIpc) is 3.36. The third-order valence-corrected chi connectivity index (χ3v) is 4.35. The zero-order chi connectivity index (χ0) is 31.2. The molecule has 0 unspecified atom stereocenters. The molecule has 0 spiro atoms. The van der Waals surface area contributed by atoms with E-state index in [0.717, 1.165) is 11.3 Å². The van der Waals surface area contributed by atoms with Crippen LogP contribution in [0.1, 0.15) is 64.2 Å². The van der Waals surface area contributed by atoms with Crippen molar-refractivity contribution in [2.24, 2.45) is 0 Å². The van der Waals surface area contributed by atoms with Crippen molar-refractivity contribution in [2.45, 2.75) is 45.0 Å². The average molecular weight is 422 g/mol. The fourth-order valence-electron chi connectivity index (χ4n) is 2.32. The van der Waals surface area contributed by atoms with Crippen molar-refractivity contribution in [2.75, 3.05) is 11.1 Å². The minimum atomic E-state index is -2.70. The molecule has 0 aliphatic heterocycles. The molecule has 29 heavy (non-hydrogen) atoms. The Morgan fingerprint density at radius 3 is 2.86 bits per heavy atom. The van der Waals surface area contributed by atoms with Gasteiger partial charge in [-0.05, 0) is 49.4 Å². The van der Waals surface area contributed by atoms with Gasteiger partial charge in [0.1, 0.15) is 0 Å². The topological polar surface area (TPSA) is 88.2 Å². The lowest BCUT2D eigenvalue weighted by atomic mass is 10.00. The number of hydrogen-bond acceptors (Lipinski definition) is 5. The number of aromatic nitrogens is 1. The fraction of sp³-hybridized carbons (Fsp3) is 0.304. The van der Waals surface area contributed by atoms with E-state index in [0.29, 0.717) is 0 Å². The Labute approximate surface area is 192 Å². The van der Waals surface area contributed by atoms with E-state index in [1.807, 2.05) is 0 Å². The number of nitrogens with zero attached hydrogens (tertiary/aromatic N) is 1. The molecule has 5 nitrogen and oxygen atoms in total. The summed E-state index contributed by atoms with van der Waals surface area (Å²) < 4.78 is 98.0. The van der Waals surface area contributed by atoms with Crippen molar-refractivity contribution < 1.29 is 26.4 Å². The van der Waals surface area contributed by atoms with Gasteiger partial charge >= 0.3 is 0 Å². The number of nitrogen functional groups attached to an aromatic ring is 1. The molecule has 0 saturated carbocycles. The van der Waals surface area contributed by atoms with E-state index in [2.05, 4.69) is 10.3 Å². The summed E-state index contributed by atoms with van der Waals surface area (Å²) in [6.07, 6.45) is -7.68. The summed E-state index contributed by atoms with van der Waals surface area (Å²) in [7, 11) is 0. The zero-order valence-corrected chi connectivity index (χ0v) is 16.4. The van der Waals surface area contributed by atoms with E-state index < -0.39 is 73.1 Å². The van der Waals surface area contributed by atoms with Crippen LogP contribution in [0.5, 0.6) is 0 Å². The van der Waals surface area contributed by atoms with Gasteiger partial charge in [-0.3, -0.25) is 4.79 Å². The number of amides is 1. The standard InChI is InChI=1S/C23H27N3O2S/c1-16-5-4-7-18(13-16)21(27)8-3-2-6-17-9-11-19(12-10-17)25-22(28)14-20-15-29-23(24)26-20/h4-5,7,9-13,15,21,27H,2-3,6,8,14H2,1H3,(H2,24,26)(H,25,28)/t21-/m0/s1/i2D2,4D,5D,7D,9D,10D,11D,12D,13D,14D2. The minimum absolute atomic E-state index is 0.0226. The number of hydrogen-bond donors (Lipinski definition) is 3. The molecule has 3 aromatic rings. The molecule has 0 saturated heterocycles. The normalized spacial score (nSPS) is 18.8. The van der Waals surface area contributed by atoms with Gasteiger partial charge in [-0.2, -0.15) is 0 Å². The second-order valence-electron chi connectivity index (χ2n) is 6.02. The summed E-state index contributed by atoms with van der Waals surface area (Å²) in [5.74, 6) is -1.30. The quantitative estimate of drug-likeness (QED) is 0.469. The summed E-state index contributed by atoms with van der Waals surface area (Å²) in [5.41, 5.74) is 4.21. The lowest BCUT2D eigenvalue weighted by Crippen LogP contribution is -2.14. The largest absolute Gasteiger partial charge is 0.388 e. The molecule has 2 aromatic carbocycles. The summed E-state index contributed by atoms with van der Waals surface area (Å²) in [6, 6.07) is -4.29. The Balaban J connectivity index is 1.83. The van der Waals surface area contributed by atoms with Crippen molar-refractivity contribution >= 4 is 28.1 Å². The second-order valence-corrected chi connectivity index (χ2v) is 6.91. The maximum absolute atomic E-state index is 12.7. The van der Waals surface area contributed by atoms with E-state index in [1.54, 1.807) is 0 Å². The number of benzene rings is 2. The first-order valence-corrected chi connectivity index (χ1v) is 9.56. The fourth-order valence-corrected chi connectivity index (χ4v) is 2.81. The van der Waals surface area contributed by atoms with Crippen LogP contribution in [0, 0.1) is 6.92 Å². The van der Waals surface area contributed by atoms with E-state index in [-0.39, 0.29) is 52.4 Å². The summed E-state index contributed by atoms with van der Waals surface area (Å²) in [5, 5.41) is 14.0. The Morgan fingerprint density at radius 1 is 1.34 bits per heavy atom. The van der Waals surface area contributed by atoms with Gasteiger partial charge in [0, 0.05) is 16.6 Å². The molecule has 1 heterocycles. The van der Waals surface area contributed by atoms with Crippen LogP contribution in [0.25, 0.3) is 0 Å². The van der Waals surface area contributed by atoms with E-state index in [4.69, 9.17) is 22.2 Å². The second kappa shape index (κ2) is 10.2. The van der Waals surface area contributed by atoms with Crippen LogP contribution in [0.4, 0.5) is 10.8 Å². The molecule has 0 bridgehead atoms. The number of nitrogens with one attached hydrogen (secondary N) is 1. The Bertz CT molecular complexity index is 1450. The molecule has 1 amide bonds. The van der Waals surface area contributed by atoms with Gasteiger partial charge in [0.05, 0.1) is 29.1 Å². The molecular formula is C23H27N3O2S. The molecule has 152 valence electrons. The smallest absolute Gasteiger partial charge is 0.230 e. The summed E-state index contributed by atoms with van der Waals surface area (Å²) >= 11 is 0.908. The molecule has 1 atom stereocenters. The zero-order valence-electron chi connectivity index (χ0n) is 27.6. The van der Waals surface area contributed by atoms with Crippen molar-refractivity contribution in [3.63, 3.8) is 0 Å². The molecule has 1 aromatic heterocycles. The van der Waals surface area contributed by atoms with Crippen molar-refractivity contribution in [3.05, 3.63) is 76.1 Å². The molecule has 4 N–H and O–H groups in total.